The molecule has 0 spiro atoms. The summed E-state index contributed by atoms with van der Waals surface area (Å²) in [6.45, 7) is 3.00. The first-order chi connectivity index (χ1) is 14.5. The molecule has 162 valence electrons. The van der Waals surface area contributed by atoms with E-state index in [9.17, 15) is 22.8 Å². The molecule has 3 aromatic heterocycles. The second kappa shape index (κ2) is 8.72. The van der Waals surface area contributed by atoms with Crippen LogP contribution < -0.4 is 5.32 Å². The summed E-state index contributed by atoms with van der Waals surface area (Å²) in [5.74, 6) is -1.42. The van der Waals surface area contributed by atoms with Gasteiger partial charge in [0, 0.05) is 18.1 Å². The predicted molar refractivity (Wildman–Crippen MR) is 104 cm³/mol. The van der Waals surface area contributed by atoms with E-state index in [1.54, 1.807) is 10.7 Å². The lowest BCUT2D eigenvalue weighted by Crippen LogP contribution is -2.22. The number of nitrogens with zero attached hydrogens (tertiary/aromatic N) is 4. The summed E-state index contributed by atoms with van der Waals surface area (Å²) >= 11 is 5.72. The quantitative estimate of drug-likeness (QED) is 0.591. The van der Waals surface area contributed by atoms with Crippen molar-refractivity contribution in [3.05, 3.63) is 64.2 Å². The third-order valence-electron chi connectivity index (χ3n) is 3.97. The highest BCUT2D eigenvalue weighted by Gasteiger charge is 2.31. The number of alkyl halides is 3. The van der Waals surface area contributed by atoms with E-state index in [0.717, 1.165) is 11.4 Å². The molecule has 3 aromatic rings. The van der Waals surface area contributed by atoms with E-state index in [1.165, 1.54) is 12.3 Å². The molecular weight excluding hydrogens is 439 g/mol. The number of anilines is 1. The number of nitrogens with one attached hydrogen (secondary N) is 1. The number of halogens is 4. The summed E-state index contributed by atoms with van der Waals surface area (Å²) in [6.07, 6.45) is -2.81. The molecular formula is C19H15ClF3N5O3. The Morgan fingerprint density at radius 3 is 2.45 bits per heavy atom. The average molecular weight is 454 g/mol. The second-order valence-corrected chi connectivity index (χ2v) is 6.83. The normalized spacial score (nSPS) is 11.3. The minimum Gasteiger partial charge on any atom is -0.452 e. The van der Waals surface area contributed by atoms with Gasteiger partial charge in [0.15, 0.2) is 18.2 Å². The Hall–Kier alpha value is -3.47. The van der Waals surface area contributed by atoms with Gasteiger partial charge in [-0.3, -0.25) is 4.79 Å². The van der Waals surface area contributed by atoms with Gasteiger partial charge >= 0.3 is 12.1 Å². The van der Waals surface area contributed by atoms with E-state index in [-0.39, 0.29) is 11.4 Å². The third kappa shape index (κ3) is 5.37. The molecule has 0 radical (unpaired) electrons. The van der Waals surface area contributed by atoms with Gasteiger partial charge in [0.2, 0.25) is 0 Å². The van der Waals surface area contributed by atoms with Crippen molar-refractivity contribution in [2.45, 2.75) is 20.0 Å². The Morgan fingerprint density at radius 1 is 1.16 bits per heavy atom. The highest BCUT2D eigenvalue weighted by molar-refractivity contribution is 6.33. The molecule has 1 N–H and O–H groups in total. The molecule has 0 fully saturated rings. The van der Waals surface area contributed by atoms with E-state index in [2.05, 4.69) is 20.4 Å². The molecule has 0 saturated heterocycles. The van der Waals surface area contributed by atoms with E-state index in [1.807, 2.05) is 19.9 Å². The number of amides is 1. The summed E-state index contributed by atoms with van der Waals surface area (Å²) in [5.41, 5.74) is 0.728. The Bertz CT molecular complexity index is 1130. The number of carbonyl (C=O) groups excluding carboxylic acids is 2. The van der Waals surface area contributed by atoms with Crippen LogP contribution in [0.15, 0.2) is 36.7 Å². The molecule has 0 aliphatic rings. The molecule has 0 saturated carbocycles. The first kappa shape index (κ1) is 22.2. The number of carbonyl (C=O) groups is 2. The van der Waals surface area contributed by atoms with Crippen LogP contribution in [-0.4, -0.2) is 38.2 Å². The van der Waals surface area contributed by atoms with Crippen LogP contribution in [0.3, 0.4) is 0 Å². The van der Waals surface area contributed by atoms with Crippen molar-refractivity contribution in [2.24, 2.45) is 0 Å². The van der Waals surface area contributed by atoms with Crippen LogP contribution in [-0.2, 0) is 15.7 Å². The van der Waals surface area contributed by atoms with Gasteiger partial charge in [-0.1, -0.05) is 11.6 Å². The zero-order valence-electron chi connectivity index (χ0n) is 16.2. The number of esters is 1. The van der Waals surface area contributed by atoms with Crippen molar-refractivity contribution in [1.82, 2.24) is 19.7 Å². The Labute approximate surface area is 179 Å². The summed E-state index contributed by atoms with van der Waals surface area (Å²) < 4.78 is 44.4. The van der Waals surface area contributed by atoms with Crippen LogP contribution in [0.2, 0.25) is 5.02 Å². The van der Waals surface area contributed by atoms with Crippen molar-refractivity contribution >= 4 is 29.3 Å². The Morgan fingerprint density at radius 2 is 1.90 bits per heavy atom. The number of pyridine rings is 2. The largest absolute Gasteiger partial charge is 0.452 e. The van der Waals surface area contributed by atoms with Gasteiger partial charge < -0.3 is 10.1 Å². The maximum Gasteiger partial charge on any atom is 0.417 e. The van der Waals surface area contributed by atoms with Crippen molar-refractivity contribution in [3.8, 4) is 5.82 Å². The fourth-order valence-electron chi connectivity index (χ4n) is 2.56. The van der Waals surface area contributed by atoms with Crippen molar-refractivity contribution in [3.63, 3.8) is 0 Å². The molecule has 0 unspecified atom stereocenters. The minimum absolute atomic E-state index is 0.101. The molecule has 0 bridgehead atoms. The van der Waals surface area contributed by atoms with Crippen LogP contribution >= 0.6 is 11.6 Å². The first-order valence-electron chi connectivity index (χ1n) is 8.74. The number of rotatable bonds is 5. The van der Waals surface area contributed by atoms with Crippen molar-refractivity contribution in [2.75, 3.05) is 11.9 Å². The minimum atomic E-state index is -4.62. The first-order valence-corrected chi connectivity index (χ1v) is 9.12. The number of aromatic nitrogens is 4. The molecule has 0 aromatic carbocycles. The Balaban J connectivity index is 1.58. The predicted octanol–water partition coefficient (Wildman–Crippen LogP) is 3.75. The van der Waals surface area contributed by atoms with E-state index in [0.29, 0.717) is 18.1 Å². The monoisotopic (exact) mass is 453 g/mol. The van der Waals surface area contributed by atoms with E-state index < -0.39 is 35.2 Å². The number of hydrogen-bond donors (Lipinski definition) is 1. The van der Waals surface area contributed by atoms with Crippen molar-refractivity contribution < 1.29 is 27.5 Å². The van der Waals surface area contributed by atoms with Crippen molar-refractivity contribution in [1.29, 1.82) is 0 Å². The van der Waals surface area contributed by atoms with Gasteiger partial charge in [-0.2, -0.15) is 18.3 Å². The molecule has 3 heterocycles. The number of hydrogen-bond acceptors (Lipinski definition) is 6. The number of ether oxygens (including phenoxy) is 1. The second-order valence-electron chi connectivity index (χ2n) is 6.42. The molecule has 1 amide bonds. The molecule has 3 rings (SSSR count). The molecule has 0 aliphatic carbocycles. The fourth-order valence-corrected chi connectivity index (χ4v) is 2.77. The van der Waals surface area contributed by atoms with Gasteiger partial charge in [-0.15, -0.1) is 0 Å². The molecule has 0 atom stereocenters. The molecule has 0 aliphatic heterocycles. The van der Waals surface area contributed by atoms with Crippen LogP contribution in [0.5, 0.6) is 0 Å². The lowest BCUT2D eigenvalue weighted by Gasteiger charge is -2.10. The molecule has 31 heavy (non-hydrogen) atoms. The van der Waals surface area contributed by atoms with Crippen LogP contribution in [0.4, 0.5) is 19.0 Å². The summed E-state index contributed by atoms with van der Waals surface area (Å²) in [7, 11) is 0. The van der Waals surface area contributed by atoms with Gasteiger partial charge in [0.25, 0.3) is 5.91 Å². The summed E-state index contributed by atoms with van der Waals surface area (Å²) in [5, 5.41) is 6.06. The average Bonchev–Trinajstić information content (AvgIpc) is 3.05. The zero-order valence-corrected chi connectivity index (χ0v) is 17.0. The van der Waals surface area contributed by atoms with Gasteiger partial charge in [0.1, 0.15) is 0 Å². The maximum atomic E-state index is 12.6. The highest BCUT2D eigenvalue weighted by atomic mass is 35.5. The topological polar surface area (TPSA) is 99.0 Å². The highest BCUT2D eigenvalue weighted by Crippen LogP contribution is 2.32. The summed E-state index contributed by atoms with van der Waals surface area (Å²) in [4.78, 5) is 31.7. The molecule has 8 nitrogen and oxygen atoms in total. The van der Waals surface area contributed by atoms with E-state index >= 15 is 0 Å². The lowest BCUT2D eigenvalue weighted by atomic mass is 10.3. The van der Waals surface area contributed by atoms with E-state index in [4.69, 9.17) is 16.3 Å². The Kier molecular flexibility index (Phi) is 6.25. The summed E-state index contributed by atoms with van der Waals surface area (Å²) in [6, 6.07) is 5.54. The van der Waals surface area contributed by atoms with Crippen LogP contribution in [0.1, 0.15) is 27.3 Å². The van der Waals surface area contributed by atoms with Crippen LogP contribution in [0.25, 0.3) is 5.82 Å². The smallest absolute Gasteiger partial charge is 0.417 e. The van der Waals surface area contributed by atoms with Gasteiger partial charge in [0.05, 0.1) is 21.8 Å². The van der Waals surface area contributed by atoms with Crippen LogP contribution in [0, 0.1) is 13.8 Å². The third-order valence-corrected chi connectivity index (χ3v) is 4.26. The molecule has 12 heteroatoms. The zero-order chi connectivity index (χ0) is 22.8. The SMILES string of the molecule is Cc1cc(C)n(-c2ccc(C(=O)OCC(=O)Nc3ncc(C(F)(F)F)cc3Cl)cn2)n1. The lowest BCUT2D eigenvalue weighted by molar-refractivity contribution is -0.137. The van der Waals surface area contributed by atoms with Gasteiger partial charge in [-0.05, 0) is 38.1 Å². The van der Waals surface area contributed by atoms with Gasteiger partial charge in [-0.25, -0.2) is 19.4 Å². The maximum absolute atomic E-state index is 12.6. The fraction of sp³-hybridized carbons (Fsp3) is 0.211. The standard InChI is InChI=1S/C19H15ClF3N5O3/c1-10-5-11(2)28(27-10)15-4-3-12(7-24-15)18(30)31-9-16(29)26-17-14(20)6-13(8-25-17)19(21,22)23/h3-8H,9H2,1-2H3,(H,25,26,29). The number of aryl methyl sites for hydroxylation is 2.